The minimum absolute atomic E-state index is 0.0291. The van der Waals surface area contributed by atoms with Crippen LogP contribution in [0.3, 0.4) is 0 Å². The average Bonchev–Trinajstić information content (AvgIpc) is 0.735. The number of likely N-dealkylation sites (tertiary alicyclic amines) is 1. The second-order valence-electron chi connectivity index (χ2n) is 25.8. The van der Waals surface area contributed by atoms with Crippen LogP contribution in [-0.2, 0) is 48.3 Å². The number of carbonyl (C=O) groups excluding carboxylic acids is 6. The molecule has 0 aromatic heterocycles. The second-order valence-corrected chi connectivity index (χ2v) is 25.8. The van der Waals surface area contributed by atoms with E-state index in [4.69, 9.17) is 24.5 Å². The zero-order valence-electron chi connectivity index (χ0n) is 55.5. The molecule has 2 bridgehead atoms. The van der Waals surface area contributed by atoms with Gasteiger partial charge in [0.05, 0.1) is 51.7 Å². The Morgan fingerprint density at radius 2 is 1.02 bits per heavy atom. The fraction of sp³-hybridized carbons (Fsp3) is 0.657. The van der Waals surface area contributed by atoms with E-state index in [-0.39, 0.29) is 54.0 Å². The van der Waals surface area contributed by atoms with Gasteiger partial charge in [-0.2, -0.15) is 0 Å². The molecule has 7 rings (SSSR count). The van der Waals surface area contributed by atoms with E-state index in [0.29, 0.717) is 121 Å². The van der Waals surface area contributed by atoms with Crippen LogP contribution in [0.25, 0.3) is 10.4 Å². The van der Waals surface area contributed by atoms with E-state index in [1.165, 1.54) is 25.7 Å². The van der Waals surface area contributed by atoms with Crippen LogP contribution in [0.5, 0.6) is 0 Å². The standard InChI is InChI=1S/C70H106N10O10/c1-9-11-13-15-18-22-26-62(81)73-51-29-32-55-58(46-51)70(36-35-65(84)78(6)38-40-87-42-44-89-45-43-88-41-39-79(7)67(85)61-49-54(76-77-71)50-80(61)8)59-47-52(74-63(82)27-23-19-16-14-12-10-2)30-33-56(59)66(55)57-34-31-53(48-60(57)70)75-64(83)28-24-20-17-21-25-37-72-68(86)90-69(3,4)5/h29-34,46-48,54,61,66H,9-28,35-45,49-50H2,1-8H3,(H,72,86)(H,73,81)(H,74,82)(H,75,83)/t54-,61?,66?,70?/m0/s1. The molecule has 0 spiro atoms. The van der Waals surface area contributed by atoms with Gasteiger partial charge in [0.25, 0.3) is 0 Å². The minimum Gasteiger partial charge on any atom is -0.444 e. The zero-order valence-corrected chi connectivity index (χ0v) is 55.5. The molecule has 1 heterocycles. The lowest BCUT2D eigenvalue weighted by molar-refractivity contribution is -0.135. The number of hydrogen-bond donors (Lipinski definition) is 4. The number of unbranched alkanes of at least 4 members (excludes halogenated alkanes) is 14. The molecular weight excluding hydrogens is 1140 g/mol. The van der Waals surface area contributed by atoms with Gasteiger partial charge in [-0.05, 0) is 142 Å². The van der Waals surface area contributed by atoms with Crippen LogP contribution in [0.2, 0.25) is 0 Å². The van der Waals surface area contributed by atoms with Crippen LogP contribution in [0.4, 0.5) is 21.9 Å². The number of azide groups is 1. The summed E-state index contributed by atoms with van der Waals surface area (Å²) in [6, 6.07) is 18.0. The summed E-state index contributed by atoms with van der Waals surface area (Å²) in [6.45, 7) is 13.8. The van der Waals surface area contributed by atoms with Crippen LogP contribution in [-0.4, -0.2) is 155 Å². The van der Waals surface area contributed by atoms with Crippen molar-refractivity contribution in [3.8, 4) is 0 Å². The fourth-order valence-electron chi connectivity index (χ4n) is 12.7. The van der Waals surface area contributed by atoms with E-state index in [1.807, 2.05) is 50.9 Å². The number of benzene rings is 3. The molecular formula is C70H106N10O10. The van der Waals surface area contributed by atoms with Crippen molar-refractivity contribution in [3.63, 3.8) is 0 Å². The molecule has 0 radical (unpaired) electrons. The Hall–Kier alpha value is -6.57. The molecule has 1 fully saturated rings. The molecule has 1 saturated heterocycles. The van der Waals surface area contributed by atoms with Gasteiger partial charge in [0, 0.05) is 99.3 Å². The van der Waals surface area contributed by atoms with Gasteiger partial charge in [-0.15, -0.1) is 0 Å². The summed E-state index contributed by atoms with van der Waals surface area (Å²) < 4.78 is 22.8. The molecule has 6 amide bonds. The number of nitrogens with one attached hydrogen (secondary N) is 4. The first kappa shape index (κ1) is 72.5. The first-order chi connectivity index (χ1) is 43.4. The summed E-state index contributed by atoms with van der Waals surface area (Å²) in [6.07, 6.45) is 18.9. The maximum Gasteiger partial charge on any atom is 0.407 e. The highest BCUT2D eigenvalue weighted by molar-refractivity contribution is 5.94. The highest BCUT2D eigenvalue weighted by Gasteiger charge is 2.52. The predicted molar refractivity (Wildman–Crippen MR) is 355 cm³/mol. The maximum atomic E-state index is 14.6. The van der Waals surface area contributed by atoms with Crippen LogP contribution < -0.4 is 21.3 Å². The minimum atomic E-state index is -0.944. The number of rotatable bonds is 42. The van der Waals surface area contributed by atoms with Crippen molar-refractivity contribution in [1.82, 2.24) is 20.0 Å². The fourth-order valence-corrected chi connectivity index (χ4v) is 12.7. The lowest BCUT2D eigenvalue weighted by atomic mass is 9.51. The van der Waals surface area contributed by atoms with E-state index in [0.717, 1.165) is 110 Å². The normalized spacial score (nSPS) is 17.1. The molecule has 1 aliphatic heterocycles. The summed E-state index contributed by atoms with van der Waals surface area (Å²) in [5, 5.41) is 16.3. The van der Waals surface area contributed by atoms with Crippen molar-refractivity contribution in [2.24, 2.45) is 5.11 Å². The molecule has 90 heavy (non-hydrogen) atoms. The summed E-state index contributed by atoms with van der Waals surface area (Å²) in [5.74, 6) is -0.477. The van der Waals surface area contributed by atoms with Crippen molar-refractivity contribution in [1.29, 1.82) is 0 Å². The summed E-state index contributed by atoms with van der Waals surface area (Å²) in [4.78, 5) is 88.8. The highest BCUT2D eigenvalue weighted by Crippen LogP contribution is 2.62. The molecule has 3 aromatic rings. The number of anilines is 3. The van der Waals surface area contributed by atoms with Gasteiger partial charge in [-0.25, -0.2) is 4.79 Å². The van der Waals surface area contributed by atoms with Crippen molar-refractivity contribution in [3.05, 3.63) is 98.4 Å². The molecule has 4 aliphatic rings. The number of ether oxygens (including phenoxy) is 4. The molecule has 2 atom stereocenters. The van der Waals surface area contributed by atoms with Gasteiger partial charge in [-0.1, -0.05) is 121 Å². The molecule has 20 heteroatoms. The third-order valence-electron chi connectivity index (χ3n) is 17.5. The van der Waals surface area contributed by atoms with Crippen LogP contribution in [0, 0.1) is 0 Å². The van der Waals surface area contributed by atoms with Crippen LogP contribution in [0.15, 0.2) is 59.7 Å². The van der Waals surface area contributed by atoms with Crippen molar-refractivity contribution in [2.45, 2.75) is 211 Å². The van der Waals surface area contributed by atoms with Gasteiger partial charge < -0.3 is 50.0 Å². The van der Waals surface area contributed by atoms with Gasteiger partial charge in [-0.3, -0.25) is 28.9 Å². The number of likely N-dealkylation sites (N-methyl/N-ethyl adjacent to an activating group) is 3. The van der Waals surface area contributed by atoms with E-state index in [1.54, 1.807) is 23.9 Å². The molecule has 4 N–H and O–H groups in total. The Balaban J connectivity index is 1.14. The second kappa shape index (κ2) is 37.7. The van der Waals surface area contributed by atoms with E-state index in [2.05, 4.69) is 81.5 Å². The Labute approximate surface area is 536 Å². The average molecular weight is 1250 g/mol. The third kappa shape index (κ3) is 22.4. The first-order valence-corrected chi connectivity index (χ1v) is 33.6. The van der Waals surface area contributed by atoms with E-state index >= 15 is 0 Å². The summed E-state index contributed by atoms with van der Waals surface area (Å²) in [7, 11) is 5.39. The molecule has 1 unspecified atom stereocenters. The first-order valence-electron chi connectivity index (χ1n) is 33.6. The Morgan fingerprint density at radius 3 is 1.47 bits per heavy atom. The Kier molecular flexibility index (Phi) is 30.4. The third-order valence-corrected chi connectivity index (χ3v) is 17.5. The van der Waals surface area contributed by atoms with Gasteiger partial charge in [0.1, 0.15) is 5.60 Å². The Bertz CT molecular complexity index is 2770. The van der Waals surface area contributed by atoms with Crippen LogP contribution in [0.1, 0.15) is 222 Å². The molecule has 20 nitrogen and oxygen atoms in total. The van der Waals surface area contributed by atoms with Crippen molar-refractivity contribution < 1.29 is 47.7 Å². The quantitative estimate of drug-likeness (QED) is 0.0180. The Morgan fingerprint density at radius 1 is 0.600 bits per heavy atom. The van der Waals surface area contributed by atoms with Crippen molar-refractivity contribution in [2.75, 3.05) is 103 Å². The predicted octanol–water partition coefficient (Wildman–Crippen LogP) is 13.1. The SMILES string of the molecule is CCCCCCCCC(=O)Nc1ccc2c(c1)C1(CCC(=O)N(C)CCOCCOCCOCCN(C)C(=O)C3C[C@H](N=[N+]=[N-])CN3C)c3cc(NC(=O)CCCCCCCC)ccc3C2c2ccc(NC(=O)CCCCCCCNC(=O)OC(C)(C)C)cc21. The topological polar surface area (TPSA) is 246 Å². The number of amides is 6. The monoisotopic (exact) mass is 1250 g/mol. The number of nitrogens with zero attached hydrogens (tertiary/aromatic N) is 6. The largest absolute Gasteiger partial charge is 0.444 e. The summed E-state index contributed by atoms with van der Waals surface area (Å²) >= 11 is 0. The highest BCUT2D eigenvalue weighted by atomic mass is 16.6. The lowest BCUT2D eigenvalue weighted by Gasteiger charge is -2.51. The smallest absolute Gasteiger partial charge is 0.407 e. The lowest BCUT2D eigenvalue weighted by Crippen LogP contribution is -2.43. The number of hydrogen-bond acceptors (Lipinski definition) is 12. The number of alkyl carbamates (subject to hydrolysis) is 1. The van der Waals surface area contributed by atoms with E-state index < -0.39 is 17.1 Å². The molecule has 0 saturated carbocycles. The summed E-state index contributed by atoms with van der Waals surface area (Å²) in [5.41, 5.74) is 15.5. The van der Waals surface area contributed by atoms with Gasteiger partial charge >= 0.3 is 6.09 Å². The molecule has 3 aliphatic carbocycles. The van der Waals surface area contributed by atoms with Gasteiger partial charge in [0.15, 0.2) is 0 Å². The van der Waals surface area contributed by atoms with E-state index in [9.17, 15) is 28.8 Å². The number of carbonyl (C=O) groups is 6. The van der Waals surface area contributed by atoms with Gasteiger partial charge in [0.2, 0.25) is 29.5 Å². The van der Waals surface area contributed by atoms with Crippen LogP contribution >= 0.6 is 0 Å². The maximum absolute atomic E-state index is 14.6. The molecule has 3 aromatic carbocycles. The molecule has 496 valence electrons. The van der Waals surface area contributed by atoms with Crippen molar-refractivity contribution >= 4 is 52.7 Å². The zero-order chi connectivity index (χ0) is 64.9.